The van der Waals surface area contributed by atoms with E-state index in [4.69, 9.17) is 9.47 Å². The molecular weight excluding hydrogens is 404 g/mol. The van der Waals surface area contributed by atoms with Crippen molar-refractivity contribution in [1.29, 1.82) is 0 Å². The maximum Gasteiger partial charge on any atom is 0.311 e. The van der Waals surface area contributed by atoms with Gasteiger partial charge in [-0.2, -0.15) is 23.5 Å². The van der Waals surface area contributed by atoms with E-state index in [1.807, 2.05) is 58.1 Å². The van der Waals surface area contributed by atoms with Crippen molar-refractivity contribution < 1.29 is 19.1 Å². The molecule has 0 aromatic heterocycles. The third kappa shape index (κ3) is 11.6. The van der Waals surface area contributed by atoms with Gasteiger partial charge in [-0.25, -0.2) is 0 Å². The topological polar surface area (TPSA) is 52.6 Å². The van der Waals surface area contributed by atoms with Crippen LogP contribution in [0.5, 0.6) is 0 Å². The van der Waals surface area contributed by atoms with Gasteiger partial charge in [-0.1, -0.05) is 45.0 Å². The molecule has 1 aromatic rings. The minimum Gasteiger partial charge on any atom is -0.469 e. The van der Waals surface area contributed by atoms with E-state index in [1.165, 1.54) is 25.3 Å². The summed E-state index contributed by atoms with van der Waals surface area (Å²) in [5.74, 6) is 3.46. The molecule has 0 amide bonds. The van der Waals surface area contributed by atoms with Gasteiger partial charge in [0.15, 0.2) is 0 Å². The Hall–Kier alpha value is -1.14. The van der Waals surface area contributed by atoms with Crippen LogP contribution < -0.4 is 0 Å². The van der Waals surface area contributed by atoms with E-state index in [1.54, 1.807) is 0 Å². The third-order valence-corrected chi connectivity index (χ3v) is 6.56. The lowest BCUT2D eigenvalue weighted by atomic mass is 9.91. The van der Waals surface area contributed by atoms with E-state index in [-0.39, 0.29) is 17.9 Å². The van der Waals surface area contributed by atoms with Crippen LogP contribution in [0.25, 0.3) is 0 Å². The Labute approximate surface area is 185 Å². The molecule has 1 unspecified atom stereocenters. The molecule has 0 spiro atoms. The molecule has 0 fully saturated rings. The minimum atomic E-state index is -0.422. The lowest BCUT2D eigenvalue weighted by Crippen LogP contribution is -2.26. The van der Waals surface area contributed by atoms with Crippen molar-refractivity contribution in [3.63, 3.8) is 0 Å². The fourth-order valence-electron chi connectivity index (χ4n) is 2.40. The van der Waals surface area contributed by atoms with Crippen molar-refractivity contribution in [1.82, 2.24) is 0 Å². The van der Waals surface area contributed by atoms with E-state index in [2.05, 4.69) is 24.3 Å². The largest absolute Gasteiger partial charge is 0.469 e. The van der Waals surface area contributed by atoms with Crippen LogP contribution in [0.1, 0.15) is 58.6 Å². The molecule has 0 N–H and O–H groups in total. The first-order chi connectivity index (χ1) is 13.8. The van der Waals surface area contributed by atoms with Crippen LogP contribution in [0, 0.1) is 11.3 Å². The number of esters is 2. The van der Waals surface area contributed by atoms with Gasteiger partial charge < -0.3 is 9.47 Å². The summed E-state index contributed by atoms with van der Waals surface area (Å²) in [5.41, 5.74) is 2.17. The highest BCUT2D eigenvalue weighted by atomic mass is 32.2. The van der Waals surface area contributed by atoms with Crippen molar-refractivity contribution in [2.45, 2.75) is 59.0 Å². The predicted octanol–water partition coefficient (Wildman–Crippen LogP) is 5.97. The molecule has 4 nitrogen and oxygen atoms in total. The highest BCUT2D eigenvalue weighted by molar-refractivity contribution is 7.98. The molecule has 0 heterocycles. The standard InChI is InChI=1S/C21H32O4S2.C2H6/c1-16(19(22)24-4)10-12-26-14-17-6-8-18(9-7-17)15-27-13-11-21(2,3)20(23)25-5;1-2/h6-9,16H,10-15H2,1-5H3;1-2H3. The number of rotatable bonds is 12. The van der Waals surface area contributed by atoms with Crippen LogP contribution in [0.15, 0.2) is 24.3 Å². The highest BCUT2D eigenvalue weighted by Gasteiger charge is 2.27. The van der Waals surface area contributed by atoms with Crippen LogP contribution in [0.3, 0.4) is 0 Å². The highest BCUT2D eigenvalue weighted by Crippen LogP contribution is 2.26. The molecule has 0 aliphatic rings. The van der Waals surface area contributed by atoms with Crippen LogP contribution in [-0.2, 0) is 30.6 Å². The Bertz CT molecular complexity index is 585. The second-order valence-electron chi connectivity index (χ2n) is 7.26. The number of carbonyl (C=O) groups excluding carboxylic acids is 2. The third-order valence-electron chi connectivity index (χ3n) is 4.47. The normalized spacial score (nSPS) is 11.8. The monoisotopic (exact) mass is 442 g/mol. The molecule has 0 aliphatic heterocycles. The maximum absolute atomic E-state index is 11.7. The summed E-state index contributed by atoms with van der Waals surface area (Å²) < 4.78 is 9.58. The van der Waals surface area contributed by atoms with Crippen molar-refractivity contribution in [2.75, 3.05) is 25.7 Å². The minimum absolute atomic E-state index is 0.0361. The predicted molar refractivity (Wildman–Crippen MR) is 126 cm³/mol. The van der Waals surface area contributed by atoms with Crippen LogP contribution in [-0.4, -0.2) is 37.7 Å². The fourth-order valence-corrected chi connectivity index (χ4v) is 4.72. The van der Waals surface area contributed by atoms with Crippen molar-refractivity contribution in [3.8, 4) is 0 Å². The molecular formula is C23H38O4S2. The molecule has 1 rings (SSSR count). The van der Waals surface area contributed by atoms with Gasteiger partial charge in [0.1, 0.15) is 0 Å². The number of ether oxygens (including phenoxy) is 2. The number of carbonyl (C=O) groups is 2. The van der Waals surface area contributed by atoms with Crippen LogP contribution in [0.2, 0.25) is 0 Å². The Morgan fingerprint density at radius 3 is 1.86 bits per heavy atom. The van der Waals surface area contributed by atoms with Gasteiger partial charge in [-0.15, -0.1) is 0 Å². The Morgan fingerprint density at radius 2 is 1.41 bits per heavy atom. The summed E-state index contributed by atoms with van der Waals surface area (Å²) in [6.07, 6.45) is 1.65. The molecule has 0 bridgehead atoms. The molecule has 1 atom stereocenters. The number of hydrogen-bond donors (Lipinski definition) is 0. The number of benzene rings is 1. The number of thioether (sulfide) groups is 2. The van der Waals surface area contributed by atoms with Gasteiger partial charge in [0.05, 0.1) is 25.6 Å². The second kappa shape index (κ2) is 15.7. The molecule has 166 valence electrons. The van der Waals surface area contributed by atoms with Crippen molar-refractivity contribution >= 4 is 35.5 Å². The summed E-state index contributed by atoms with van der Waals surface area (Å²) in [5, 5.41) is 0. The van der Waals surface area contributed by atoms with E-state index >= 15 is 0 Å². The average molecular weight is 443 g/mol. The van der Waals surface area contributed by atoms with Gasteiger partial charge in [-0.3, -0.25) is 9.59 Å². The Balaban J connectivity index is 0.00000379. The number of hydrogen-bond acceptors (Lipinski definition) is 6. The molecule has 1 aromatic carbocycles. The van der Waals surface area contributed by atoms with Gasteiger partial charge in [0, 0.05) is 11.5 Å². The van der Waals surface area contributed by atoms with E-state index in [9.17, 15) is 9.59 Å². The zero-order chi connectivity index (χ0) is 22.3. The van der Waals surface area contributed by atoms with Gasteiger partial charge in [0.25, 0.3) is 0 Å². The average Bonchev–Trinajstić information content (AvgIpc) is 2.75. The van der Waals surface area contributed by atoms with E-state index in [0.29, 0.717) is 0 Å². The summed E-state index contributed by atoms with van der Waals surface area (Å²) in [7, 11) is 2.88. The SMILES string of the molecule is CC.COC(=O)C(C)CCSCc1ccc(CSCCC(C)(C)C(=O)OC)cc1. The molecule has 6 heteroatoms. The molecule has 0 saturated heterocycles. The fraction of sp³-hybridized carbons (Fsp3) is 0.652. The molecule has 0 aliphatic carbocycles. The second-order valence-corrected chi connectivity index (χ2v) is 9.47. The molecule has 29 heavy (non-hydrogen) atoms. The smallest absolute Gasteiger partial charge is 0.311 e. The zero-order valence-corrected chi connectivity index (χ0v) is 20.7. The number of methoxy groups -OCH3 is 2. The molecule has 0 radical (unpaired) electrons. The summed E-state index contributed by atoms with van der Waals surface area (Å²) in [6.45, 7) is 9.76. The zero-order valence-electron chi connectivity index (χ0n) is 19.1. The summed E-state index contributed by atoms with van der Waals surface area (Å²) in [4.78, 5) is 23.0. The van der Waals surface area contributed by atoms with Crippen LogP contribution >= 0.6 is 23.5 Å². The van der Waals surface area contributed by atoms with Gasteiger partial charge in [-0.05, 0) is 49.3 Å². The van der Waals surface area contributed by atoms with Gasteiger partial charge in [0.2, 0.25) is 0 Å². The first-order valence-electron chi connectivity index (χ1n) is 10.2. The quantitative estimate of drug-likeness (QED) is 0.294. The van der Waals surface area contributed by atoms with E-state index in [0.717, 1.165) is 35.9 Å². The molecule has 0 saturated carbocycles. The Kier molecular flexibility index (Phi) is 15.1. The lowest BCUT2D eigenvalue weighted by Gasteiger charge is -2.20. The Morgan fingerprint density at radius 1 is 0.931 bits per heavy atom. The lowest BCUT2D eigenvalue weighted by molar-refractivity contribution is -0.150. The van der Waals surface area contributed by atoms with E-state index < -0.39 is 5.41 Å². The van der Waals surface area contributed by atoms with Crippen molar-refractivity contribution in [2.24, 2.45) is 11.3 Å². The van der Waals surface area contributed by atoms with Crippen molar-refractivity contribution in [3.05, 3.63) is 35.4 Å². The summed E-state index contributed by atoms with van der Waals surface area (Å²) in [6, 6.07) is 8.69. The first kappa shape index (κ1) is 27.9. The van der Waals surface area contributed by atoms with Crippen LogP contribution in [0.4, 0.5) is 0 Å². The van der Waals surface area contributed by atoms with Gasteiger partial charge >= 0.3 is 11.9 Å². The maximum atomic E-state index is 11.7. The summed E-state index contributed by atoms with van der Waals surface area (Å²) >= 11 is 3.68. The first-order valence-corrected chi connectivity index (χ1v) is 12.5.